The minimum Gasteiger partial charge on any atom is -0.485 e. The van der Waals surface area contributed by atoms with Crippen molar-refractivity contribution in [3.63, 3.8) is 0 Å². The van der Waals surface area contributed by atoms with Crippen LogP contribution in [0.3, 0.4) is 0 Å². The second-order valence-corrected chi connectivity index (χ2v) is 6.78. The Hall–Kier alpha value is -2.28. The molecular formula is C17H19N3O3S. The predicted molar refractivity (Wildman–Crippen MR) is 92.0 cm³/mol. The van der Waals surface area contributed by atoms with Crippen molar-refractivity contribution in [1.29, 1.82) is 0 Å². The molecule has 0 spiro atoms. The van der Waals surface area contributed by atoms with E-state index >= 15 is 0 Å². The fraction of sp³-hybridized carbons (Fsp3) is 0.412. The molecule has 24 heavy (non-hydrogen) atoms. The van der Waals surface area contributed by atoms with Gasteiger partial charge in [-0.05, 0) is 19.1 Å². The third kappa shape index (κ3) is 2.91. The number of benzene rings is 1. The first-order valence-corrected chi connectivity index (χ1v) is 8.93. The minimum absolute atomic E-state index is 0.000489. The summed E-state index contributed by atoms with van der Waals surface area (Å²) < 4.78 is 11.5. The molecule has 4 rings (SSSR count). The Morgan fingerprint density at radius 2 is 1.96 bits per heavy atom. The average molecular weight is 345 g/mol. The van der Waals surface area contributed by atoms with Crippen LogP contribution in [0.5, 0.6) is 11.5 Å². The molecular weight excluding hydrogens is 326 g/mol. The summed E-state index contributed by atoms with van der Waals surface area (Å²) in [5.74, 6) is 1.34. The smallest absolute Gasteiger partial charge is 0.267 e. The molecule has 0 N–H and O–H groups in total. The molecule has 6 nitrogen and oxygen atoms in total. The Labute approximate surface area is 144 Å². The summed E-state index contributed by atoms with van der Waals surface area (Å²) in [5, 5.41) is 3.09. The first-order chi connectivity index (χ1) is 11.7. The van der Waals surface area contributed by atoms with Gasteiger partial charge >= 0.3 is 0 Å². The van der Waals surface area contributed by atoms with Crippen LogP contribution in [0.4, 0.5) is 5.13 Å². The van der Waals surface area contributed by atoms with Crippen molar-refractivity contribution in [3.05, 3.63) is 35.3 Å². The molecule has 0 bridgehead atoms. The summed E-state index contributed by atoms with van der Waals surface area (Å²) in [6.45, 7) is 5.21. The van der Waals surface area contributed by atoms with Crippen LogP contribution in [0.2, 0.25) is 0 Å². The summed E-state index contributed by atoms with van der Waals surface area (Å²) in [7, 11) is 0. The minimum atomic E-state index is -0.562. The average Bonchev–Trinajstić information content (AvgIpc) is 3.07. The van der Waals surface area contributed by atoms with Gasteiger partial charge in [-0.1, -0.05) is 12.1 Å². The molecule has 1 atom stereocenters. The molecule has 3 heterocycles. The fourth-order valence-electron chi connectivity index (χ4n) is 2.95. The van der Waals surface area contributed by atoms with Crippen LogP contribution in [0.25, 0.3) is 0 Å². The Bertz CT molecular complexity index is 740. The first-order valence-electron chi connectivity index (χ1n) is 8.05. The lowest BCUT2D eigenvalue weighted by Crippen LogP contribution is -2.54. The molecule has 0 radical (unpaired) electrons. The summed E-state index contributed by atoms with van der Waals surface area (Å²) in [6, 6.07) is 7.45. The number of aryl methyl sites for hydroxylation is 1. The number of thiazole rings is 1. The number of nitrogens with zero attached hydrogens (tertiary/aromatic N) is 3. The van der Waals surface area contributed by atoms with Gasteiger partial charge in [0.1, 0.15) is 6.61 Å². The zero-order valence-corrected chi connectivity index (χ0v) is 14.3. The maximum atomic E-state index is 12.7. The number of ether oxygens (including phenoxy) is 2. The maximum absolute atomic E-state index is 12.7. The molecule has 2 aromatic rings. The topological polar surface area (TPSA) is 54.9 Å². The SMILES string of the molecule is Cc1csc(N2CCN(C(=O)[C@@H]3COc4ccccc4O3)CC2)n1. The van der Waals surface area contributed by atoms with Crippen molar-refractivity contribution in [2.45, 2.75) is 13.0 Å². The molecule has 1 aromatic carbocycles. The second kappa shape index (κ2) is 6.32. The largest absolute Gasteiger partial charge is 0.485 e. The highest BCUT2D eigenvalue weighted by atomic mass is 32.1. The highest BCUT2D eigenvalue weighted by Gasteiger charge is 2.32. The van der Waals surface area contributed by atoms with Crippen molar-refractivity contribution < 1.29 is 14.3 Å². The van der Waals surface area contributed by atoms with E-state index in [9.17, 15) is 4.79 Å². The van der Waals surface area contributed by atoms with Gasteiger partial charge < -0.3 is 19.3 Å². The van der Waals surface area contributed by atoms with E-state index in [-0.39, 0.29) is 12.5 Å². The summed E-state index contributed by atoms with van der Waals surface area (Å²) in [6.07, 6.45) is -0.562. The standard InChI is InChI=1S/C17H19N3O3S/c1-12-11-24-17(18-12)20-8-6-19(7-9-20)16(21)15-10-22-13-4-2-3-5-14(13)23-15/h2-5,11,15H,6-10H2,1H3/t15-/m0/s1. The van der Waals surface area contributed by atoms with Gasteiger partial charge in [-0.15, -0.1) is 11.3 Å². The second-order valence-electron chi connectivity index (χ2n) is 5.95. The lowest BCUT2D eigenvalue weighted by Gasteiger charge is -2.37. The van der Waals surface area contributed by atoms with E-state index in [2.05, 4.69) is 15.3 Å². The van der Waals surface area contributed by atoms with E-state index in [4.69, 9.17) is 9.47 Å². The van der Waals surface area contributed by atoms with Crippen LogP contribution in [-0.2, 0) is 4.79 Å². The molecule has 126 valence electrons. The quantitative estimate of drug-likeness (QED) is 0.833. The van der Waals surface area contributed by atoms with Crippen LogP contribution < -0.4 is 14.4 Å². The Morgan fingerprint density at radius 1 is 1.21 bits per heavy atom. The predicted octanol–water partition coefficient (Wildman–Crippen LogP) is 1.94. The number of aromatic nitrogens is 1. The van der Waals surface area contributed by atoms with E-state index in [1.54, 1.807) is 11.3 Å². The Morgan fingerprint density at radius 3 is 2.67 bits per heavy atom. The number of carbonyl (C=O) groups is 1. The zero-order valence-electron chi connectivity index (χ0n) is 13.5. The van der Waals surface area contributed by atoms with E-state index in [1.165, 1.54) is 0 Å². The van der Waals surface area contributed by atoms with Crippen molar-refractivity contribution in [2.75, 3.05) is 37.7 Å². The number of rotatable bonds is 2. The summed E-state index contributed by atoms with van der Waals surface area (Å²) >= 11 is 1.65. The Kier molecular flexibility index (Phi) is 4.02. The maximum Gasteiger partial charge on any atom is 0.267 e. The molecule has 1 fully saturated rings. The number of piperazine rings is 1. The van der Waals surface area contributed by atoms with E-state index in [0.29, 0.717) is 24.6 Å². The van der Waals surface area contributed by atoms with Gasteiger partial charge in [0.15, 0.2) is 16.6 Å². The van der Waals surface area contributed by atoms with Gasteiger partial charge in [-0.25, -0.2) is 4.98 Å². The zero-order chi connectivity index (χ0) is 16.5. The number of para-hydroxylation sites is 2. The van der Waals surface area contributed by atoms with Crippen molar-refractivity contribution in [3.8, 4) is 11.5 Å². The van der Waals surface area contributed by atoms with Gasteiger partial charge in [0.25, 0.3) is 5.91 Å². The lowest BCUT2D eigenvalue weighted by molar-refractivity contribution is -0.141. The molecule has 1 amide bonds. The van der Waals surface area contributed by atoms with Crippen molar-refractivity contribution >= 4 is 22.4 Å². The number of hydrogen-bond donors (Lipinski definition) is 0. The van der Waals surface area contributed by atoms with E-state index < -0.39 is 6.10 Å². The van der Waals surface area contributed by atoms with Crippen LogP contribution in [0, 0.1) is 6.92 Å². The van der Waals surface area contributed by atoms with E-state index in [1.807, 2.05) is 36.1 Å². The third-order valence-corrected chi connectivity index (χ3v) is 5.27. The molecule has 1 aromatic heterocycles. The molecule has 1 saturated heterocycles. The molecule has 0 aliphatic carbocycles. The molecule has 0 unspecified atom stereocenters. The first kappa shape index (κ1) is 15.3. The van der Waals surface area contributed by atoms with Crippen LogP contribution in [-0.4, -0.2) is 54.7 Å². The van der Waals surface area contributed by atoms with Gasteiger partial charge in [0.05, 0.1) is 5.69 Å². The highest BCUT2D eigenvalue weighted by molar-refractivity contribution is 7.13. The van der Waals surface area contributed by atoms with Gasteiger partial charge in [0.2, 0.25) is 6.10 Å². The Balaban J connectivity index is 1.37. The van der Waals surface area contributed by atoms with Crippen molar-refractivity contribution in [2.24, 2.45) is 0 Å². The molecule has 2 aliphatic heterocycles. The molecule has 7 heteroatoms. The van der Waals surface area contributed by atoms with Crippen molar-refractivity contribution in [1.82, 2.24) is 9.88 Å². The lowest BCUT2D eigenvalue weighted by atomic mass is 10.2. The number of hydrogen-bond acceptors (Lipinski definition) is 6. The highest BCUT2D eigenvalue weighted by Crippen LogP contribution is 2.31. The number of fused-ring (bicyclic) bond motifs is 1. The van der Waals surface area contributed by atoms with E-state index in [0.717, 1.165) is 23.9 Å². The van der Waals surface area contributed by atoms with Crippen LogP contribution in [0.1, 0.15) is 5.69 Å². The fourth-order valence-corrected chi connectivity index (χ4v) is 3.81. The van der Waals surface area contributed by atoms with Crippen LogP contribution in [0.15, 0.2) is 29.6 Å². The molecule has 2 aliphatic rings. The van der Waals surface area contributed by atoms with Gasteiger partial charge in [-0.2, -0.15) is 0 Å². The normalized spacial score (nSPS) is 20.1. The molecule has 0 saturated carbocycles. The van der Waals surface area contributed by atoms with Gasteiger partial charge in [0, 0.05) is 31.6 Å². The number of anilines is 1. The van der Waals surface area contributed by atoms with Crippen LogP contribution >= 0.6 is 11.3 Å². The summed E-state index contributed by atoms with van der Waals surface area (Å²) in [4.78, 5) is 21.3. The third-order valence-electron chi connectivity index (χ3n) is 4.25. The monoisotopic (exact) mass is 345 g/mol. The summed E-state index contributed by atoms with van der Waals surface area (Å²) in [5.41, 5.74) is 1.04. The van der Waals surface area contributed by atoms with Gasteiger partial charge in [-0.3, -0.25) is 4.79 Å². The number of carbonyl (C=O) groups excluding carboxylic acids is 1. The number of amides is 1.